The average molecular weight is 965 g/mol. The van der Waals surface area contributed by atoms with Crippen LogP contribution in [-0.2, 0) is 20.2 Å². The number of hydrogen-bond acceptors (Lipinski definition) is 19. The average Bonchev–Trinajstić information content (AvgIpc) is 3.61. The fraction of sp³-hybridized carbons (Fsp3) is 0.175. The van der Waals surface area contributed by atoms with Crippen molar-refractivity contribution in [2.45, 2.75) is 23.6 Å². The number of hydrogen-bond donors (Lipinski definition) is 8. The summed E-state index contributed by atoms with van der Waals surface area (Å²) in [6, 6.07) is 13.4. The number of aliphatic hydroxyl groups is 2. The Kier molecular flexibility index (Phi) is 14.2. The maximum Gasteiger partial charge on any atom is 0.356 e. The molecular formula is C40H36N8O17S2. The zero-order valence-corrected chi connectivity index (χ0v) is 36.5. The fourth-order valence-electron chi connectivity index (χ4n) is 6.30. The Morgan fingerprint density at radius 3 is 1.78 bits per heavy atom. The van der Waals surface area contributed by atoms with E-state index in [9.17, 15) is 65.9 Å². The maximum atomic E-state index is 13.7. The number of rotatable bonds is 18. The minimum Gasteiger partial charge on any atom is -0.505 e. The lowest BCUT2D eigenvalue weighted by molar-refractivity contribution is 0.0683. The molecule has 6 rings (SSSR count). The molecule has 25 nitrogen and oxygen atoms in total. The molecule has 1 aromatic heterocycles. The van der Waals surface area contributed by atoms with Crippen molar-refractivity contribution < 1.29 is 75.3 Å². The summed E-state index contributed by atoms with van der Waals surface area (Å²) >= 11 is 0. The first kappa shape index (κ1) is 48.5. The monoisotopic (exact) mass is 964 g/mol. The molecule has 1 heterocycles. The SMILES string of the molecule is COc1cc(S(=O)(=O)O)c(C)cc1N=Nc1c(C(=O)O)[nH]n(-c2ccc3cc(S(=O)(=O)O)c(N=Nc4cc(OCCO)c(N=Nc5c(C)cccc5C(=O)O)cc4OCCO)c(O)c3c2)c1=O. The Balaban J connectivity index is 1.47. The topological polar surface area (TPSA) is 384 Å². The molecule has 0 aliphatic rings. The van der Waals surface area contributed by atoms with E-state index >= 15 is 0 Å². The van der Waals surface area contributed by atoms with E-state index in [0.29, 0.717) is 10.2 Å². The molecule has 0 bridgehead atoms. The van der Waals surface area contributed by atoms with Gasteiger partial charge in [-0.05, 0) is 60.7 Å². The third-order valence-corrected chi connectivity index (χ3v) is 11.2. The Morgan fingerprint density at radius 2 is 1.24 bits per heavy atom. The molecule has 8 N–H and O–H groups in total. The third kappa shape index (κ3) is 10.5. The molecule has 5 aromatic carbocycles. The predicted octanol–water partition coefficient (Wildman–Crippen LogP) is 6.53. The Morgan fingerprint density at radius 1 is 0.672 bits per heavy atom. The number of fused-ring (bicyclic) bond motifs is 1. The highest BCUT2D eigenvalue weighted by Crippen LogP contribution is 2.45. The van der Waals surface area contributed by atoms with Crippen LogP contribution in [0.3, 0.4) is 0 Å². The van der Waals surface area contributed by atoms with Crippen LogP contribution < -0.4 is 19.8 Å². The number of carboxylic acids is 2. The van der Waals surface area contributed by atoms with Crippen molar-refractivity contribution in [1.82, 2.24) is 9.78 Å². The first-order chi connectivity index (χ1) is 31.7. The summed E-state index contributed by atoms with van der Waals surface area (Å²) < 4.78 is 85.9. The highest BCUT2D eigenvalue weighted by atomic mass is 32.2. The van der Waals surface area contributed by atoms with Crippen molar-refractivity contribution >= 4 is 77.1 Å². The summed E-state index contributed by atoms with van der Waals surface area (Å²) in [5.41, 5.74) is -3.79. The molecule has 0 amide bonds. The first-order valence-electron chi connectivity index (χ1n) is 18.9. The van der Waals surface area contributed by atoms with Crippen LogP contribution in [-0.4, -0.2) is 107 Å². The number of aromatic amines is 1. The van der Waals surface area contributed by atoms with E-state index in [1.165, 1.54) is 37.3 Å². The van der Waals surface area contributed by atoms with Crippen LogP contribution in [0, 0.1) is 13.8 Å². The predicted molar refractivity (Wildman–Crippen MR) is 232 cm³/mol. The molecule has 0 aliphatic carbocycles. The molecule has 67 heavy (non-hydrogen) atoms. The van der Waals surface area contributed by atoms with Crippen LogP contribution in [0.1, 0.15) is 32.0 Å². The molecule has 350 valence electrons. The molecule has 0 aliphatic heterocycles. The molecule has 27 heteroatoms. The van der Waals surface area contributed by atoms with Crippen molar-refractivity contribution in [2.24, 2.45) is 30.7 Å². The number of aliphatic hydroxyl groups excluding tert-OH is 2. The smallest absolute Gasteiger partial charge is 0.356 e. The lowest BCUT2D eigenvalue weighted by Gasteiger charge is -2.13. The van der Waals surface area contributed by atoms with Crippen molar-refractivity contribution in [1.29, 1.82) is 0 Å². The Labute approximate surface area is 377 Å². The minimum absolute atomic E-state index is 0.00660. The molecule has 0 saturated heterocycles. The van der Waals surface area contributed by atoms with Gasteiger partial charge in [-0.15, -0.1) is 30.7 Å². The van der Waals surface area contributed by atoms with Gasteiger partial charge in [0.05, 0.1) is 31.6 Å². The normalized spacial score (nSPS) is 12.2. The van der Waals surface area contributed by atoms with E-state index in [-0.39, 0.29) is 80.8 Å². The number of phenols is 1. The summed E-state index contributed by atoms with van der Waals surface area (Å²) in [5, 5.41) is 76.3. The summed E-state index contributed by atoms with van der Waals surface area (Å²) in [6.45, 7) is 1.31. The standard InChI is InChI=1S/C40H36N8O17S2/c1-19-5-4-6-23(39(53)54)33(19)44-42-26-16-30(65-12-10-50)27(17-29(26)64-11-9-49)43-45-34-32(67(60,61)62)14-21-7-8-22(15-24(21)37(34)51)48-38(52)35(36(47-48)40(55)56)46-41-25-13-20(2)31(66(57,58)59)18-28(25)63-3/h4-8,13-18,47,49-51H,9-12H2,1-3H3,(H,53,54)(H,55,56)(H,57,58,59)(H,60,61,62). The number of nitrogens with zero attached hydrogens (tertiary/aromatic N) is 7. The van der Waals surface area contributed by atoms with Crippen molar-refractivity contribution in [3.63, 3.8) is 0 Å². The number of aryl methyl sites for hydroxylation is 2. The molecule has 0 saturated carbocycles. The quantitative estimate of drug-likeness (QED) is 0.0335. The molecule has 0 fully saturated rings. The second-order valence-corrected chi connectivity index (χ2v) is 16.6. The van der Waals surface area contributed by atoms with Crippen molar-refractivity contribution in [3.05, 3.63) is 99.5 Å². The summed E-state index contributed by atoms with van der Waals surface area (Å²) in [4.78, 5) is 36.4. The van der Waals surface area contributed by atoms with Gasteiger partial charge >= 0.3 is 11.9 Å². The van der Waals surface area contributed by atoms with Crippen LogP contribution >= 0.6 is 0 Å². The molecule has 0 spiro atoms. The number of ether oxygens (including phenoxy) is 3. The number of phenolic OH excluding ortho intramolecular Hbond substituents is 1. The van der Waals surface area contributed by atoms with Gasteiger partial charge in [-0.2, -0.15) is 16.8 Å². The molecule has 0 atom stereocenters. The van der Waals surface area contributed by atoms with Crippen molar-refractivity contribution in [3.8, 4) is 28.7 Å². The fourth-order valence-corrected chi connectivity index (χ4v) is 7.68. The lowest BCUT2D eigenvalue weighted by Crippen LogP contribution is -2.14. The largest absolute Gasteiger partial charge is 0.505 e. The molecule has 6 aromatic rings. The Bertz CT molecular complexity index is 3350. The van der Waals surface area contributed by atoms with Crippen LogP contribution in [0.25, 0.3) is 16.5 Å². The second kappa shape index (κ2) is 19.7. The van der Waals surface area contributed by atoms with E-state index in [1.54, 1.807) is 13.0 Å². The molecular weight excluding hydrogens is 929 g/mol. The van der Waals surface area contributed by atoms with Gasteiger partial charge in [-0.1, -0.05) is 18.2 Å². The minimum atomic E-state index is -5.18. The summed E-state index contributed by atoms with van der Waals surface area (Å²) in [6.07, 6.45) is 0. The highest BCUT2D eigenvalue weighted by Gasteiger charge is 2.26. The Hall–Kier alpha value is -7.95. The number of aromatic carboxylic acids is 2. The third-order valence-electron chi connectivity index (χ3n) is 9.39. The van der Waals surface area contributed by atoms with E-state index in [0.717, 1.165) is 37.4 Å². The number of carboxylic acid groups (broad SMARTS) is 2. The van der Waals surface area contributed by atoms with Crippen LogP contribution in [0.15, 0.2) is 112 Å². The summed E-state index contributed by atoms with van der Waals surface area (Å²) in [7, 11) is -8.70. The number of methoxy groups -OCH3 is 1. The molecule has 0 unspecified atom stereocenters. The zero-order valence-electron chi connectivity index (χ0n) is 34.8. The number of nitrogens with one attached hydrogen (secondary N) is 1. The molecule has 0 radical (unpaired) electrons. The van der Waals surface area contributed by atoms with E-state index < -0.39 is 83.6 Å². The maximum absolute atomic E-state index is 13.7. The van der Waals surface area contributed by atoms with Gasteiger partial charge in [0.25, 0.3) is 25.8 Å². The number of carbonyl (C=O) groups is 2. The van der Waals surface area contributed by atoms with E-state index in [2.05, 4.69) is 35.8 Å². The zero-order chi connectivity index (χ0) is 49.0. The van der Waals surface area contributed by atoms with E-state index in [1.807, 2.05) is 0 Å². The van der Waals surface area contributed by atoms with Crippen molar-refractivity contribution in [2.75, 3.05) is 33.5 Å². The number of aromatic nitrogens is 2. The first-order valence-corrected chi connectivity index (χ1v) is 21.8. The number of H-pyrrole nitrogens is 1. The summed E-state index contributed by atoms with van der Waals surface area (Å²) in [5.74, 6) is -4.39. The van der Waals surface area contributed by atoms with Gasteiger partial charge < -0.3 is 39.7 Å². The number of benzene rings is 5. The van der Waals surface area contributed by atoms with Gasteiger partial charge in [0.1, 0.15) is 68.7 Å². The van der Waals surface area contributed by atoms with Gasteiger partial charge in [-0.25, -0.2) is 14.3 Å². The van der Waals surface area contributed by atoms with E-state index in [4.69, 9.17) is 14.2 Å². The number of azo groups is 3. The van der Waals surface area contributed by atoms with Gasteiger partial charge in [0, 0.05) is 23.6 Å². The highest BCUT2D eigenvalue weighted by molar-refractivity contribution is 7.86. The lowest BCUT2D eigenvalue weighted by atomic mass is 10.1. The van der Waals surface area contributed by atoms with Crippen LogP contribution in [0.4, 0.5) is 34.1 Å². The van der Waals surface area contributed by atoms with Gasteiger partial charge in [0.15, 0.2) is 17.1 Å². The van der Waals surface area contributed by atoms with Crippen LogP contribution in [0.2, 0.25) is 0 Å². The second-order valence-electron chi connectivity index (χ2n) is 13.8. The van der Waals surface area contributed by atoms with Gasteiger partial charge in [-0.3, -0.25) is 19.0 Å². The number of aromatic hydroxyl groups is 1. The van der Waals surface area contributed by atoms with Crippen LogP contribution in [0.5, 0.6) is 23.0 Å². The van der Waals surface area contributed by atoms with Gasteiger partial charge in [0.2, 0.25) is 0 Å².